The molecule has 8 nitrogen and oxygen atoms in total. The average molecular weight is 361 g/mol. The van der Waals surface area contributed by atoms with E-state index in [9.17, 15) is 14.4 Å². The van der Waals surface area contributed by atoms with E-state index in [-0.39, 0.29) is 18.9 Å². The molecule has 1 rings (SSSR count). The first kappa shape index (κ1) is 21.2. The molecule has 0 aliphatic heterocycles. The smallest absolute Gasteiger partial charge is 0.328 e. The number of nitrogens with one attached hydrogen (secondary N) is 1. The number of esters is 1. The third-order valence-electron chi connectivity index (χ3n) is 3.41. The second-order valence-corrected chi connectivity index (χ2v) is 5.82. The third kappa shape index (κ3) is 6.96. The number of ketones is 1. The lowest BCUT2D eigenvalue weighted by atomic mass is 10.1. The van der Waals surface area contributed by atoms with E-state index in [1.54, 1.807) is 38.1 Å². The molecule has 0 spiro atoms. The summed E-state index contributed by atoms with van der Waals surface area (Å²) in [4.78, 5) is 38.9. The largest absolute Gasteiger partial charge is 0.461 e. The number of Topliss-reactive ketones (excluding diaryl/α,β-unsaturated/α-hetero) is 1. The maximum absolute atomic E-state index is 12.6. The number of nitrogens with zero attached hydrogens (tertiary/aromatic N) is 2. The van der Waals surface area contributed by atoms with E-state index in [1.807, 2.05) is 6.07 Å². The van der Waals surface area contributed by atoms with Crippen LogP contribution < -0.4 is 5.32 Å². The van der Waals surface area contributed by atoms with Gasteiger partial charge in [0.15, 0.2) is 6.10 Å². The lowest BCUT2D eigenvalue weighted by molar-refractivity contribution is -0.152. The van der Waals surface area contributed by atoms with Gasteiger partial charge in [0, 0.05) is 13.5 Å². The molecule has 0 radical (unpaired) electrons. The Kier molecular flexibility index (Phi) is 8.91. The molecule has 0 heterocycles. The minimum Gasteiger partial charge on any atom is -0.461 e. The molecule has 1 aromatic rings. The second kappa shape index (κ2) is 10.9. The number of rotatable bonds is 10. The van der Waals surface area contributed by atoms with Gasteiger partial charge < -0.3 is 20.3 Å². The molecule has 0 fully saturated rings. The fraction of sp³-hybridized carbons (Fsp3) is 0.444. The number of carbonyl (C=O) groups is 3. The average Bonchev–Trinajstić information content (AvgIpc) is 2.59. The van der Waals surface area contributed by atoms with E-state index in [1.165, 1.54) is 7.11 Å². The molecule has 1 N–H and O–H groups in total. The highest BCUT2D eigenvalue weighted by Crippen LogP contribution is 2.17. The number of ether oxygens (including phenoxy) is 2. The first-order valence-corrected chi connectivity index (χ1v) is 8.17. The summed E-state index contributed by atoms with van der Waals surface area (Å²) in [6.07, 6.45) is -0.614. The molecule has 8 heteroatoms. The van der Waals surface area contributed by atoms with Crippen molar-refractivity contribution in [2.24, 2.45) is 0 Å². The molecule has 26 heavy (non-hydrogen) atoms. The van der Waals surface area contributed by atoms with Crippen LogP contribution in [0.5, 0.6) is 0 Å². The number of amides is 1. The SMILES string of the molecule is CO[C@H](C(=O)N[C@@H](CCC(=O)C=[N+]=[N-])C(=O)OC(C)C)c1ccccc1. The van der Waals surface area contributed by atoms with Crippen LogP contribution in [0.2, 0.25) is 0 Å². The van der Waals surface area contributed by atoms with Gasteiger partial charge in [0.05, 0.1) is 6.10 Å². The highest BCUT2D eigenvalue weighted by molar-refractivity contribution is 6.25. The van der Waals surface area contributed by atoms with Gasteiger partial charge in [-0.15, -0.1) is 0 Å². The van der Waals surface area contributed by atoms with Crippen LogP contribution in [0.25, 0.3) is 5.53 Å². The number of benzene rings is 1. The summed E-state index contributed by atoms with van der Waals surface area (Å²) in [5.41, 5.74) is 9.01. The van der Waals surface area contributed by atoms with Crippen molar-refractivity contribution in [2.75, 3.05) is 7.11 Å². The van der Waals surface area contributed by atoms with E-state index < -0.39 is 29.8 Å². The van der Waals surface area contributed by atoms with Gasteiger partial charge in [-0.1, -0.05) is 30.3 Å². The Morgan fingerprint density at radius 3 is 2.42 bits per heavy atom. The predicted molar refractivity (Wildman–Crippen MR) is 93.3 cm³/mol. The third-order valence-corrected chi connectivity index (χ3v) is 3.41. The number of hydrogen-bond donors (Lipinski definition) is 1. The zero-order chi connectivity index (χ0) is 19.5. The normalized spacial score (nSPS) is 12.6. The quantitative estimate of drug-likeness (QED) is 0.293. The molecule has 0 unspecified atom stereocenters. The maximum atomic E-state index is 12.6. The lowest BCUT2D eigenvalue weighted by Gasteiger charge is -2.22. The summed E-state index contributed by atoms with van der Waals surface area (Å²) in [6.45, 7) is 3.37. The standard InChI is InChI=1S/C18H23N3O5/c1-12(2)26-18(24)15(10-9-14(22)11-20-19)21-17(23)16(25-3)13-7-5-4-6-8-13/h4-8,11-12,15-16H,9-10H2,1-3H3,(H,21,23)/t15-,16-/m0/s1. The summed E-state index contributed by atoms with van der Waals surface area (Å²) in [5, 5.41) is 2.57. The van der Waals surface area contributed by atoms with Crippen molar-refractivity contribution in [3.8, 4) is 0 Å². The number of hydrogen-bond acceptors (Lipinski definition) is 5. The molecule has 1 aromatic carbocycles. The van der Waals surface area contributed by atoms with Crippen LogP contribution in [0, 0.1) is 0 Å². The molecule has 1 amide bonds. The van der Waals surface area contributed by atoms with E-state index in [0.29, 0.717) is 5.56 Å². The van der Waals surface area contributed by atoms with Crippen LogP contribution in [0.4, 0.5) is 0 Å². The molecular formula is C18H23N3O5. The Bertz CT molecular complexity index is 669. The van der Waals surface area contributed by atoms with E-state index in [2.05, 4.69) is 10.1 Å². The van der Waals surface area contributed by atoms with Crippen molar-refractivity contribution in [3.05, 3.63) is 41.4 Å². The summed E-state index contributed by atoms with van der Waals surface area (Å²) in [6, 6.07) is 7.79. The minimum absolute atomic E-state index is 0.00731. The fourth-order valence-corrected chi connectivity index (χ4v) is 2.25. The fourth-order valence-electron chi connectivity index (χ4n) is 2.25. The monoisotopic (exact) mass is 361 g/mol. The van der Waals surface area contributed by atoms with Crippen LogP contribution in [-0.4, -0.2) is 47.9 Å². The van der Waals surface area contributed by atoms with Gasteiger partial charge in [0.2, 0.25) is 5.78 Å². The molecule has 0 saturated heterocycles. The zero-order valence-corrected chi connectivity index (χ0v) is 15.0. The summed E-state index contributed by atoms with van der Waals surface area (Å²) < 4.78 is 10.4. The Hall–Kier alpha value is -2.83. The molecular weight excluding hydrogens is 338 g/mol. The Morgan fingerprint density at radius 2 is 1.88 bits per heavy atom. The summed E-state index contributed by atoms with van der Waals surface area (Å²) >= 11 is 0. The molecule has 0 aliphatic carbocycles. The number of methoxy groups -OCH3 is 1. The van der Waals surface area contributed by atoms with Crippen LogP contribution in [-0.2, 0) is 23.9 Å². The maximum Gasteiger partial charge on any atom is 0.328 e. The van der Waals surface area contributed by atoms with Crippen molar-refractivity contribution in [1.82, 2.24) is 5.32 Å². The van der Waals surface area contributed by atoms with E-state index >= 15 is 0 Å². The molecule has 2 atom stereocenters. The molecule has 0 aliphatic rings. The van der Waals surface area contributed by atoms with Gasteiger partial charge >= 0.3 is 12.2 Å². The lowest BCUT2D eigenvalue weighted by Crippen LogP contribution is -2.45. The van der Waals surface area contributed by atoms with Gasteiger partial charge in [-0.2, -0.15) is 4.79 Å². The van der Waals surface area contributed by atoms with Crippen molar-refractivity contribution in [2.45, 2.75) is 44.9 Å². The van der Waals surface area contributed by atoms with Crippen LogP contribution >= 0.6 is 0 Å². The first-order valence-electron chi connectivity index (χ1n) is 8.17. The molecule has 0 bridgehead atoms. The van der Waals surface area contributed by atoms with Crippen LogP contribution in [0.15, 0.2) is 30.3 Å². The van der Waals surface area contributed by atoms with Crippen LogP contribution in [0.3, 0.4) is 0 Å². The molecule has 0 aromatic heterocycles. The van der Waals surface area contributed by atoms with Gasteiger partial charge in [-0.05, 0) is 25.8 Å². The van der Waals surface area contributed by atoms with Crippen molar-refractivity contribution in [3.63, 3.8) is 0 Å². The van der Waals surface area contributed by atoms with Gasteiger partial charge in [-0.3, -0.25) is 9.59 Å². The Labute approximate surface area is 152 Å². The second-order valence-electron chi connectivity index (χ2n) is 5.82. The van der Waals surface area contributed by atoms with Gasteiger partial charge in [-0.25, -0.2) is 4.79 Å². The summed E-state index contributed by atoms with van der Waals surface area (Å²) in [7, 11) is 1.39. The van der Waals surface area contributed by atoms with Crippen molar-refractivity contribution >= 4 is 23.9 Å². The van der Waals surface area contributed by atoms with Gasteiger partial charge in [0.25, 0.3) is 5.91 Å². The van der Waals surface area contributed by atoms with Crippen molar-refractivity contribution in [1.29, 1.82) is 0 Å². The highest BCUT2D eigenvalue weighted by Gasteiger charge is 2.28. The highest BCUT2D eigenvalue weighted by atomic mass is 16.5. The van der Waals surface area contributed by atoms with Gasteiger partial charge in [0.1, 0.15) is 6.04 Å². The minimum atomic E-state index is -1.03. The molecule has 140 valence electrons. The van der Waals surface area contributed by atoms with E-state index in [4.69, 9.17) is 15.0 Å². The topological polar surface area (TPSA) is 118 Å². The Balaban J connectivity index is 2.87. The van der Waals surface area contributed by atoms with E-state index in [0.717, 1.165) is 6.21 Å². The molecule has 0 saturated carbocycles. The van der Waals surface area contributed by atoms with Crippen LogP contribution in [0.1, 0.15) is 38.4 Å². The predicted octanol–water partition coefficient (Wildman–Crippen LogP) is 1.46. The van der Waals surface area contributed by atoms with Crippen molar-refractivity contribution < 1.29 is 28.6 Å². The zero-order valence-electron chi connectivity index (χ0n) is 15.0. The Morgan fingerprint density at radius 1 is 1.23 bits per heavy atom. The first-order chi connectivity index (χ1) is 12.4. The number of carbonyl (C=O) groups excluding carboxylic acids is 3. The summed E-state index contributed by atoms with van der Waals surface area (Å²) in [5.74, 6) is -1.65.